The zero-order valence-electron chi connectivity index (χ0n) is 9.24. The normalized spacial score (nSPS) is 10.9. The SMILES string of the molecule is CC(C)n1ncnc1Cn1ccnc1C=O. The van der Waals surface area contributed by atoms with E-state index in [9.17, 15) is 4.79 Å². The molecule has 16 heavy (non-hydrogen) atoms. The summed E-state index contributed by atoms with van der Waals surface area (Å²) in [6, 6.07) is 0.251. The van der Waals surface area contributed by atoms with Crippen molar-refractivity contribution in [2.24, 2.45) is 0 Å². The minimum atomic E-state index is 0.251. The smallest absolute Gasteiger partial charge is 0.185 e. The highest BCUT2D eigenvalue weighted by Gasteiger charge is 2.09. The van der Waals surface area contributed by atoms with Crippen molar-refractivity contribution in [3.63, 3.8) is 0 Å². The minimum absolute atomic E-state index is 0.251. The molecule has 0 spiro atoms. The summed E-state index contributed by atoms with van der Waals surface area (Å²) in [4.78, 5) is 18.8. The molecule has 0 unspecified atom stereocenters. The average molecular weight is 219 g/mol. The van der Waals surface area contributed by atoms with E-state index in [0.717, 1.165) is 12.1 Å². The van der Waals surface area contributed by atoms with Crippen LogP contribution >= 0.6 is 0 Å². The number of rotatable bonds is 4. The third kappa shape index (κ3) is 1.86. The zero-order chi connectivity index (χ0) is 11.5. The van der Waals surface area contributed by atoms with Gasteiger partial charge in [0.25, 0.3) is 0 Å². The Morgan fingerprint density at radius 2 is 2.25 bits per heavy atom. The Balaban J connectivity index is 2.27. The molecule has 0 atom stereocenters. The predicted molar refractivity (Wildman–Crippen MR) is 57.1 cm³/mol. The molecule has 0 aliphatic heterocycles. The molecular weight excluding hydrogens is 206 g/mol. The Morgan fingerprint density at radius 3 is 2.94 bits per heavy atom. The largest absolute Gasteiger partial charge is 0.321 e. The number of hydrogen-bond acceptors (Lipinski definition) is 4. The van der Waals surface area contributed by atoms with E-state index in [1.807, 2.05) is 18.5 Å². The van der Waals surface area contributed by atoms with Gasteiger partial charge in [0, 0.05) is 18.4 Å². The van der Waals surface area contributed by atoms with Crippen LogP contribution in [0, 0.1) is 0 Å². The molecule has 0 saturated heterocycles. The predicted octanol–water partition coefficient (Wildman–Crippen LogP) is 0.916. The standard InChI is InChI=1S/C10H13N5O/c1-8(2)15-9(12-7-13-15)5-14-4-3-11-10(14)6-16/h3-4,6-8H,5H2,1-2H3. The molecule has 0 fully saturated rings. The van der Waals surface area contributed by atoms with E-state index < -0.39 is 0 Å². The van der Waals surface area contributed by atoms with Gasteiger partial charge in [-0.3, -0.25) is 4.79 Å². The van der Waals surface area contributed by atoms with E-state index in [-0.39, 0.29) is 6.04 Å². The van der Waals surface area contributed by atoms with Gasteiger partial charge in [0.15, 0.2) is 12.1 Å². The lowest BCUT2D eigenvalue weighted by molar-refractivity contribution is 0.111. The maximum absolute atomic E-state index is 10.7. The second-order valence-corrected chi connectivity index (χ2v) is 3.75. The Kier molecular flexibility index (Phi) is 2.80. The van der Waals surface area contributed by atoms with Gasteiger partial charge >= 0.3 is 0 Å². The summed E-state index contributed by atoms with van der Waals surface area (Å²) >= 11 is 0. The lowest BCUT2D eigenvalue weighted by atomic mass is 10.4. The Bertz CT molecular complexity index is 485. The highest BCUT2D eigenvalue weighted by atomic mass is 16.1. The molecule has 0 amide bonds. The fourth-order valence-electron chi connectivity index (χ4n) is 1.54. The number of carbonyl (C=O) groups excluding carboxylic acids is 1. The summed E-state index contributed by atoms with van der Waals surface area (Å²) in [5.74, 6) is 1.22. The maximum atomic E-state index is 10.7. The third-order valence-corrected chi connectivity index (χ3v) is 2.30. The van der Waals surface area contributed by atoms with Crippen molar-refractivity contribution in [2.45, 2.75) is 26.4 Å². The highest BCUT2D eigenvalue weighted by molar-refractivity contribution is 5.69. The first kappa shape index (κ1) is 10.5. The lowest BCUT2D eigenvalue weighted by Gasteiger charge is -2.10. The van der Waals surface area contributed by atoms with Crippen molar-refractivity contribution in [2.75, 3.05) is 0 Å². The molecule has 6 heteroatoms. The van der Waals surface area contributed by atoms with E-state index in [0.29, 0.717) is 12.4 Å². The minimum Gasteiger partial charge on any atom is -0.321 e. The van der Waals surface area contributed by atoms with Crippen LogP contribution in [0.15, 0.2) is 18.7 Å². The number of imidazole rings is 1. The van der Waals surface area contributed by atoms with Gasteiger partial charge in [-0.05, 0) is 13.8 Å². The Morgan fingerprint density at radius 1 is 1.44 bits per heavy atom. The van der Waals surface area contributed by atoms with Crippen LogP contribution < -0.4 is 0 Å². The first-order valence-corrected chi connectivity index (χ1v) is 5.07. The van der Waals surface area contributed by atoms with Crippen LogP contribution in [-0.4, -0.2) is 30.6 Å². The fourth-order valence-corrected chi connectivity index (χ4v) is 1.54. The molecule has 2 aromatic rings. The number of nitrogens with zero attached hydrogens (tertiary/aromatic N) is 5. The second-order valence-electron chi connectivity index (χ2n) is 3.75. The van der Waals surface area contributed by atoms with Crippen LogP contribution in [0.1, 0.15) is 36.3 Å². The maximum Gasteiger partial charge on any atom is 0.185 e. The third-order valence-electron chi connectivity index (χ3n) is 2.30. The molecule has 0 aliphatic rings. The summed E-state index contributed by atoms with van der Waals surface area (Å²) in [6.45, 7) is 4.58. The molecular formula is C10H13N5O. The van der Waals surface area contributed by atoms with Crippen molar-refractivity contribution in [3.05, 3.63) is 30.4 Å². The summed E-state index contributed by atoms with van der Waals surface area (Å²) in [7, 11) is 0. The molecule has 0 aliphatic carbocycles. The quantitative estimate of drug-likeness (QED) is 0.717. The van der Waals surface area contributed by atoms with Gasteiger partial charge in [-0.25, -0.2) is 14.6 Å². The first-order chi connectivity index (χ1) is 7.72. The van der Waals surface area contributed by atoms with Gasteiger partial charge in [0.1, 0.15) is 12.2 Å². The molecule has 0 saturated carbocycles. The molecule has 2 aromatic heterocycles. The van der Waals surface area contributed by atoms with E-state index >= 15 is 0 Å². The fraction of sp³-hybridized carbons (Fsp3) is 0.400. The van der Waals surface area contributed by atoms with Crippen molar-refractivity contribution >= 4 is 6.29 Å². The molecule has 0 radical (unpaired) electrons. The molecule has 84 valence electrons. The number of hydrogen-bond donors (Lipinski definition) is 0. The molecule has 0 bridgehead atoms. The van der Waals surface area contributed by atoms with Crippen LogP contribution in [0.3, 0.4) is 0 Å². The van der Waals surface area contributed by atoms with Gasteiger partial charge < -0.3 is 4.57 Å². The topological polar surface area (TPSA) is 65.6 Å². The number of carbonyl (C=O) groups is 1. The average Bonchev–Trinajstić information content (AvgIpc) is 2.86. The first-order valence-electron chi connectivity index (χ1n) is 5.07. The van der Waals surface area contributed by atoms with E-state index in [1.54, 1.807) is 17.0 Å². The van der Waals surface area contributed by atoms with E-state index in [2.05, 4.69) is 15.1 Å². The van der Waals surface area contributed by atoms with Gasteiger partial charge in [0.05, 0.1) is 6.54 Å². The van der Waals surface area contributed by atoms with Gasteiger partial charge in [0.2, 0.25) is 0 Å². The molecule has 0 aromatic carbocycles. The lowest BCUT2D eigenvalue weighted by Crippen LogP contribution is -2.13. The highest BCUT2D eigenvalue weighted by Crippen LogP contribution is 2.07. The van der Waals surface area contributed by atoms with Gasteiger partial charge in [-0.1, -0.05) is 0 Å². The summed E-state index contributed by atoms with van der Waals surface area (Å²) in [5.41, 5.74) is 0. The van der Waals surface area contributed by atoms with Crippen LogP contribution in [-0.2, 0) is 6.54 Å². The number of aromatic nitrogens is 5. The molecule has 0 N–H and O–H groups in total. The van der Waals surface area contributed by atoms with E-state index in [4.69, 9.17) is 0 Å². The Hall–Kier alpha value is -1.98. The van der Waals surface area contributed by atoms with Crippen LogP contribution in [0.25, 0.3) is 0 Å². The zero-order valence-corrected chi connectivity index (χ0v) is 9.24. The second kappa shape index (κ2) is 4.26. The summed E-state index contributed by atoms with van der Waals surface area (Å²) in [6.07, 6.45) is 5.60. The molecule has 2 rings (SSSR count). The van der Waals surface area contributed by atoms with Crippen LogP contribution in [0.5, 0.6) is 0 Å². The van der Waals surface area contributed by atoms with Gasteiger partial charge in [-0.15, -0.1) is 0 Å². The van der Waals surface area contributed by atoms with Gasteiger partial charge in [-0.2, -0.15) is 5.10 Å². The van der Waals surface area contributed by atoms with Crippen molar-refractivity contribution in [1.29, 1.82) is 0 Å². The van der Waals surface area contributed by atoms with Crippen LogP contribution in [0.4, 0.5) is 0 Å². The van der Waals surface area contributed by atoms with Crippen molar-refractivity contribution in [1.82, 2.24) is 24.3 Å². The van der Waals surface area contributed by atoms with Crippen molar-refractivity contribution < 1.29 is 4.79 Å². The van der Waals surface area contributed by atoms with Crippen LogP contribution in [0.2, 0.25) is 0 Å². The Labute approximate surface area is 92.9 Å². The summed E-state index contributed by atoms with van der Waals surface area (Å²) in [5, 5.41) is 4.14. The summed E-state index contributed by atoms with van der Waals surface area (Å²) < 4.78 is 3.57. The van der Waals surface area contributed by atoms with E-state index in [1.165, 1.54) is 6.33 Å². The number of aldehydes is 1. The molecule has 6 nitrogen and oxygen atoms in total. The monoisotopic (exact) mass is 219 g/mol. The van der Waals surface area contributed by atoms with Crippen molar-refractivity contribution in [3.8, 4) is 0 Å². The molecule has 2 heterocycles.